The van der Waals surface area contributed by atoms with Crippen molar-refractivity contribution >= 4 is 11.9 Å². The number of hydrogen-bond acceptors (Lipinski definition) is 5. The van der Waals surface area contributed by atoms with Crippen LogP contribution in [0.2, 0.25) is 0 Å². The molecule has 0 aromatic heterocycles. The fraction of sp³-hybridized carbons (Fsp3) is 0.429. The Morgan fingerprint density at radius 1 is 1.33 bits per heavy atom. The summed E-state index contributed by atoms with van der Waals surface area (Å²) in [4.78, 5) is 21.9. The monoisotopic (exact) mass is 293 g/mol. The predicted octanol–water partition coefficient (Wildman–Crippen LogP) is 0.521. The summed E-state index contributed by atoms with van der Waals surface area (Å²) in [5.41, 5.74) is 5.89. The lowest BCUT2D eigenvalue weighted by Gasteiger charge is -2.12. The Kier molecular flexibility index (Phi) is 4.99. The normalized spacial score (nSPS) is 13.6. The Hall–Kier alpha value is -2.28. The molecule has 0 heterocycles. The fourth-order valence-electron chi connectivity index (χ4n) is 1.81. The summed E-state index contributed by atoms with van der Waals surface area (Å²) in [6.07, 6.45) is 2.43. The quantitative estimate of drug-likeness (QED) is 0.680. The van der Waals surface area contributed by atoms with Crippen LogP contribution in [0.25, 0.3) is 0 Å². The minimum absolute atomic E-state index is 0.307. The molecule has 114 valence electrons. The third-order valence-electron chi connectivity index (χ3n) is 3.02. The molecule has 0 spiro atoms. The maximum absolute atomic E-state index is 11.3. The molecule has 1 fully saturated rings. The van der Waals surface area contributed by atoms with E-state index in [9.17, 15) is 9.59 Å². The minimum Gasteiger partial charge on any atom is -0.493 e. The molecule has 7 nitrogen and oxygen atoms in total. The van der Waals surface area contributed by atoms with E-state index in [1.165, 1.54) is 20.0 Å². The van der Waals surface area contributed by atoms with Crippen molar-refractivity contribution in [1.29, 1.82) is 0 Å². The zero-order valence-electron chi connectivity index (χ0n) is 11.8. The fourth-order valence-corrected chi connectivity index (χ4v) is 1.81. The number of primary amides is 1. The number of imide groups is 1. The van der Waals surface area contributed by atoms with Crippen LogP contribution < -0.4 is 25.8 Å². The van der Waals surface area contributed by atoms with Crippen LogP contribution in [0.15, 0.2) is 18.2 Å². The van der Waals surface area contributed by atoms with E-state index in [0.717, 1.165) is 12.1 Å². The summed E-state index contributed by atoms with van der Waals surface area (Å²) in [6, 6.07) is 5.23. The lowest BCUT2D eigenvalue weighted by atomic mass is 10.2. The summed E-state index contributed by atoms with van der Waals surface area (Å²) < 4.78 is 10.6. The van der Waals surface area contributed by atoms with Gasteiger partial charge >= 0.3 is 6.03 Å². The number of ether oxygens (including phenoxy) is 2. The van der Waals surface area contributed by atoms with Gasteiger partial charge in [-0.3, -0.25) is 10.1 Å². The average molecular weight is 293 g/mol. The molecule has 0 bridgehead atoms. The summed E-state index contributed by atoms with van der Waals surface area (Å²) in [7, 11) is 1.52. The van der Waals surface area contributed by atoms with Crippen LogP contribution in [0.4, 0.5) is 4.79 Å². The number of methoxy groups -OCH3 is 1. The average Bonchev–Trinajstić information content (AvgIpc) is 3.26. The predicted molar refractivity (Wildman–Crippen MR) is 76.1 cm³/mol. The van der Waals surface area contributed by atoms with Crippen molar-refractivity contribution in [2.75, 3.05) is 13.7 Å². The molecule has 1 aliphatic carbocycles. The van der Waals surface area contributed by atoms with Crippen LogP contribution >= 0.6 is 0 Å². The second-order valence-corrected chi connectivity index (χ2v) is 4.84. The molecule has 1 aromatic rings. The highest BCUT2D eigenvalue weighted by Crippen LogP contribution is 2.28. The van der Waals surface area contributed by atoms with Crippen LogP contribution in [-0.4, -0.2) is 31.7 Å². The molecule has 2 rings (SSSR count). The van der Waals surface area contributed by atoms with Crippen molar-refractivity contribution in [3.8, 4) is 11.5 Å². The molecule has 7 heteroatoms. The van der Waals surface area contributed by atoms with Crippen LogP contribution in [-0.2, 0) is 11.3 Å². The molecule has 1 aromatic carbocycles. The molecule has 1 aliphatic rings. The highest BCUT2D eigenvalue weighted by molar-refractivity contribution is 5.94. The highest BCUT2D eigenvalue weighted by Gasteiger charge is 2.20. The van der Waals surface area contributed by atoms with E-state index in [2.05, 4.69) is 5.32 Å². The molecular formula is C14H19N3O4. The number of nitrogens with one attached hydrogen (secondary N) is 2. The van der Waals surface area contributed by atoms with E-state index in [1.807, 2.05) is 17.4 Å². The first-order valence-electron chi connectivity index (χ1n) is 6.71. The van der Waals surface area contributed by atoms with Crippen molar-refractivity contribution in [1.82, 2.24) is 10.6 Å². The zero-order chi connectivity index (χ0) is 15.2. The summed E-state index contributed by atoms with van der Waals surface area (Å²) in [5.74, 6) is 0.371. The van der Waals surface area contributed by atoms with Crippen molar-refractivity contribution in [2.24, 2.45) is 5.73 Å². The van der Waals surface area contributed by atoms with Gasteiger partial charge in [-0.15, -0.1) is 0 Å². The van der Waals surface area contributed by atoms with Gasteiger partial charge in [-0.05, 0) is 30.5 Å². The number of hydrogen-bond donors (Lipinski definition) is 3. The molecule has 3 amide bonds. The smallest absolute Gasteiger partial charge is 0.318 e. The molecule has 0 radical (unpaired) electrons. The summed E-state index contributed by atoms with van der Waals surface area (Å²) >= 11 is 0. The van der Waals surface area contributed by atoms with E-state index < -0.39 is 11.9 Å². The van der Waals surface area contributed by atoms with Gasteiger partial charge in [-0.1, -0.05) is 6.07 Å². The third kappa shape index (κ3) is 4.96. The maximum atomic E-state index is 11.3. The van der Waals surface area contributed by atoms with Crippen LogP contribution in [0, 0.1) is 0 Å². The molecule has 0 aliphatic heterocycles. The van der Waals surface area contributed by atoms with Crippen molar-refractivity contribution in [3.63, 3.8) is 0 Å². The SMILES string of the molecule is COc1ccc(CNC2CC2)cc1OCC(=O)NC(N)=O. The number of benzene rings is 1. The molecule has 0 atom stereocenters. The molecule has 0 unspecified atom stereocenters. The number of carbonyl (C=O) groups excluding carboxylic acids is 2. The molecular weight excluding hydrogens is 274 g/mol. The molecule has 0 saturated heterocycles. The van der Waals surface area contributed by atoms with Crippen molar-refractivity contribution in [3.05, 3.63) is 23.8 Å². The van der Waals surface area contributed by atoms with Gasteiger partial charge in [-0.2, -0.15) is 0 Å². The number of amides is 3. The van der Waals surface area contributed by atoms with Crippen LogP contribution in [0.3, 0.4) is 0 Å². The molecule has 4 N–H and O–H groups in total. The van der Waals surface area contributed by atoms with E-state index >= 15 is 0 Å². The highest BCUT2D eigenvalue weighted by atomic mass is 16.5. The number of urea groups is 1. The van der Waals surface area contributed by atoms with E-state index in [0.29, 0.717) is 17.5 Å². The Labute approximate surface area is 122 Å². The van der Waals surface area contributed by atoms with Gasteiger partial charge in [0.15, 0.2) is 18.1 Å². The summed E-state index contributed by atoms with van der Waals surface area (Å²) in [6.45, 7) is 0.428. The first-order chi connectivity index (χ1) is 10.1. The molecule has 21 heavy (non-hydrogen) atoms. The lowest BCUT2D eigenvalue weighted by Crippen LogP contribution is -2.38. The van der Waals surface area contributed by atoms with Gasteiger partial charge < -0.3 is 20.5 Å². The Morgan fingerprint density at radius 3 is 2.71 bits per heavy atom. The lowest BCUT2D eigenvalue weighted by molar-refractivity contribution is -0.121. The van der Waals surface area contributed by atoms with Gasteiger partial charge in [0.1, 0.15) is 0 Å². The number of carbonyl (C=O) groups is 2. The van der Waals surface area contributed by atoms with Crippen LogP contribution in [0.1, 0.15) is 18.4 Å². The zero-order valence-corrected chi connectivity index (χ0v) is 11.8. The van der Waals surface area contributed by atoms with Gasteiger partial charge in [0.25, 0.3) is 5.91 Å². The minimum atomic E-state index is -0.905. The Balaban J connectivity index is 1.95. The second-order valence-electron chi connectivity index (χ2n) is 4.84. The second kappa shape index (κ2) is 6.94. The Morgan fingerprint density at radius 2 is 2.10 bits per heavy atom. The largest absolute Gasteiger partial charge is 0.493 e. The van der Waals surface area contributed by atoms with Crippen molar-refractivity contribution < 1.29 is 19.1 Å². The van der Waals surface area contributed by atoms with E-state index in [4.69, 9.17) is 15.2 Å². The first-order valence-corrected chi connectivity index (χ1v) is 6.71. The van der Waals surface area contributed by atoms with Gasteiger partial charge in [0.2, 0.25) is 0 Å². The van der Waals surface area contributed by atoms with E-state index in [1.54, 1.807) is 6.07 Å². The van der Waals surface area contributed by atoms with Gasteiger partial charge in [0.05, 0.1) is 7.11 Å². The van der Waals surface area contributed by atoms with Crippen molar-refractivity contribution in [2.45, 2.75) is 25.4 Å². The number of nitrogens with two attached hydrogens (primary N) is 1. The maximum Gasteiger partial charge on any atom is 0.318 e. The third-order valence-corrected chi connectivity index (χ3v) is 3.02. The van der Waals surface area contributed by atoms with E-state index in [-0.39, 0.29) is 6.61 Å². The van der Waals surface area contributed by atoms with Gasteiger partial charge in [-0.25, -0.2) is 4.79 Å². The number of rotatable bonds is 7. The molecule has 1 saturated carbocycles. The van der Waals surface area contributed by atoms with Gasteiger partial charge in [0, 0.05) is 12.6 Å². The van der Waals surface area contributed by atoms with Crippen LogP contribution in [0.5, 0.6) is 11.5 Å². The standard InChI is InChI=1S/C14H19N3O4/c1-20-11-5-2-9(7-16-10-3-4-10)6-12(11)21-8-13(18)17-14(15)19/h2,5-6,10,16H,3-4,7-8H2,1H3,(H3,15,17,18,19). The topological polar surface area (TPSA) is 103 Å². The Bertz CT molecular complexity index is 529. The first kappa shape index (κ1) is 15.1. The summed E-state index contributed by atoms with van der Waals surface area (Å²) in [5, 5.41) is 5.33.